The number of aromatic nitrogens is 1. The zero-order valence-electron chi connectivity index (χ0n) is 16.7. The third kappa shape index (κ3) is 4.83. The summed E-state index contributed by atoms with van der Waals surface area (Å²) in [5.74, 6) is 0.640. The summed E-state index contributed by atoms with van der Waals surface area (Å²) < 4.78 is 71.5. The summed E-state index contributed by atoms with van der Waals surface area (Å²) in [5.41, 5.74) is 0.580. The molecule has 1 aromatic heterocycles. The van der Waals surface area contributed by atoms with Crippen molar-refractivity contribution in [3.05, 3.63) is 70.9 Å². The fourth-order valence-corrected chi connectivity index (χ4v) is 5.42. The predicted octanol–water partition coefficient (Wildman–Crippen LogP) is 4.52. The molecule has 0 N–H and O–H groups in total. The normalized spacial score (nSPS) is 16.4. The molecule has 0 aliphatic carbocycles. The van der Waals surface area contributed by atoms with Gasteiger partial charge >= 0.3 is 6.18 Å². The Morgan fingerprint density at radius 1 is 1.00 bits per heavy atom. The number of benzene rings is 2. The molecule has 1 aliphatic rings. The molecule has 4 rings (SSSR count). The Kier molecular flexibility index (Phi) is 6.30. The van der Waals surface area contributed by atoms with Crippen LogP contribution in [0, 0.1) is 0 Å². The van der Waals surface area contributed by atoms with Gasteiger partial charge in [-0.3, -0.25) is 4.90 Å². The van der Waals surface area contributed by atoms with Crippen LogP contribution in [-0.4, -0.2) is 49.0 Å². The molecule has 32 heavy (non-hydrogen) atoms. The largest absolute Gasteiger partial charge is 0.416 e. The number of halogens is 4. The molecule has 0 spiro atoms. The van der Waals surface area contributed by atoms with Crippen molar-refractivity contribution in [2.45, 2.75) is 17.6 Å². The van der Waals surface area contributed by atoms with E-state index < -0.39 is 26.7 Å². The number of sulfonamides is 1. The van der Waals surface area contributed by atoms with Crippen molar-refractivity contribution in [3.63, 3.8) is 0 Å². The lowest BCUT2D eigenvalue weighted by Crippen LogP contribution is -2.48. The van der Waals surface area contributed by atoms with E-state index in [9.17, 15) is 21.6 Å². The van der Waals surface area contributed by atoms with Gasteiger partial charge in [-0.2, -0.15) is 17.5 Å². The highest BCUT2D eigenvalue weighted by Gasteiger charge is 2.35. The van der Waals surface area contributed by atoms with Gasteiger partial charge in [-0.25, -0.2) is 8.42 Å². The fraction of sp³-hybridized carbons (Fsp3) is 0.286. The van der Waals surface area contributed by atoms with Crippen LogP contribution in [0.4, 0.5) is 13.2 Å². The van der Waals surface area contributed by atoms with Gasteiger partial charge in [0.15, 0.2) is 5.76 Å². The Morgan fingerprint density at radius 2 is 1.69 bits per heavy atom. The van der Waals surface area contributed by atoms with Crippen molar-refractivity contribution < 1.29 is 26.1 Å². The Morgan fingerprint density at radius 3 is 2.34 bits per heavy atom. The Labute approximate surface area is 188 Å². The molecule has 2 heterocycles. The highest BCUT2D eigenvalue weighted by atomic mass is 35.5. The molecule has 1 fully saturated rings. The van der Waals surface area contributed by atoms with E-state index in [1.807, 2.05) is 41.3 Å². The summed E-state index contributed by atoms with van der Waals surface area (Å²) in [6.07, 6.45) is -4.66. The zero-order chi connectivity index (χ0) is 22.9. The highest BCUT2D eigenvalue weighted by Crippen LogP contribution is 2.34. The second-order valence-electron chi connectivity index (χ2n) is 7.37. The Hall–Kier alpha value is -2.40. The molecule has 0 saturated carbocycles. The van der Waals surface area contributed by atoms with Crippen LogP contribution >= 0.6 is 11.6 Å². The molecule has 0 bridgehead atoms. The second-order valence-corrected chi connectivity index (χ2v) is 9.68. The van der Waals surface area contributed by atoms with Gasteiger partial charge in [0.1, 0.15) is 10.6 Å². The highest BCUT2D eigenvalue weighted by molar-refractivity contribution is 7.89. The molecule has 6 nitrogen and oxygen atoms in total. The molecule has 0 amide bonds. The van der Waals surface area contributed by atoms with E-state index in [4.69, 9.17) is 16.1 Å². The van der Waals surface area contributed by atoms with Gasteiger partial charge in [-0.05, 0) is 18.2 Å². The lowest BCUT2D eigenvalue weighted by Gasteiger charge is -2.33. The smallest absolute Gasteiger partial charge is 0.359 e. The minimum Gasteiger partial charge on any atom is -0.359 e. The van der Waals surface area contributed by atoms with E-state index in [0.29, 0.717) is 37.2 Å². The van der Waals surface area contributed by atoms with Crippen LogP contribution in [0.25, 0.3) is 11.3 Å². The molecule has 11 heteroatoms. The topological polar surface area (TPSA) is 66.7 Å². The molecule has 3 aromatic rings. The lowest BCUT2D eigenvalue weighted by atomic mass is 10.1. The zero-order valence-corrected chi connectivity index (χ0v) is 18.3. The first-order chi connectivity index (χ1) is 15.1. The molecule has 1 aliphatic heterocycles. The summed E-state index contributed by atoms with van der Waals surface area (Å²) in [6, 6.07) is 13.7. The third-order valence-corrected chi connectivity index (χ3v) is 7.60. The molecule has 170 valence electrons. The number of hydrogen-bond acceptors (Lipinski definition) is 5. The average Bonchev–Trinajstić information content (AvgIpc) is 3.22. The van der Waals surface area contributed by atoms with Gasteiger partial charge in [0.05, 0.1) is 17.1 Å². The Bertz CT molecular complexity index is 1190. The molecule has 0 unspecified atom stereocenters. The quantitative estimate of drug-likeness (QED) is 0.531. The minimum absolute atomic E-state index is 0.120. The second kappa shape index (κ2) is 8.86. The number of rotatable bonds is 5. The summed E-state index contributed by atoms with van der Waals surface area (Å²) in [6.45, 7) is 1.45. The maximum absolute atomic E-state index is 13.0. The predicted molar refractivity (Wildman–Crippen MR) is 112 cm³/mol. The van der Waals surface area contributed by atoms with Gasteiger partial charge in [0.2, 0.25) is 10.0 Å². The van der Waals surface area contributed by atoms with Crippen LogP contribution in [0.2, 0.25) is 5.02 Å². The van der Waals surface area contributed by atoms with E-state index in [1.54, 1.807) is 0 Å². The van der Waals surface area contributed by atoms with Crippen molar-refractivity contribution in [2.75, 3.05) is 26.2 Å². The number of nitrogens with zero attached hydrogens (tertiary/aromatic N) is 3. The molecule has 2 aromatic carbocycles. The molecule has 0 atom stereocenters. The van der Waals surface area contributed by atoms with Crippen molar-refractivity contribution in [1.82, 2.24) is 14.4 Å². The summed E-state index contributed by atoms with van der Waals surface area (Å²) in [5, 5.41) is 3.83. The van der Waals surface area contributed by atoms with Gasteiger partial charge in [-0.15, -0.1) is 0 Å². The van der Waals surface area contributed by atoms with Gasteiger partial charge in [0.25, 0.3) is 0 Å². The average molecular weight is 486 g/mol. The van der Waals surface area contributed by atoms with Crippen molar-refractivity contribution in [1.29, 1.82) is 0 Å². The van der Waals surface area contributed by atoms with E-state index in [-0.39, 0.29) is 18.1 Å². The first kappa shape index (κ1) is 22.8. The van der Waals surface area contributed by atoms with Crippen molar-refractivity contribution in [3.8, 4) is 11.3 Å². The monoisotopic (exact) mass is 485 g/mol. The summed E-state index contributed by atoms with van der Waals surface area (Å²) in [4.78, 5) is 1.46. The fourth-order valence-electron chi connectivity index (χ4n) is 3.50. The van der Waals surface area contributed by atoms with Crippen LogP contribution in [0.15, 0.2) is 64.0 Å². The van der Waals surface area contributed by atoms with Crippen LogP contribution in [0.3, 0.4) is 0 Å². The van der Waals surface area contributed by atoms with Crippen LogP contribution in [0.5, 0.6) is 0 Å². The van der Waals surface area contributed by atoms with Gasteiger partial charge < -0.3 is 4.52 Å². The first-order valence-electron chi connectivity index (χ1n) is 9.75. The van der Waals surface area contributed by atoms with E-state index >= 15 is 0 Å². The number of hydrogen-bond donors (Lipinski definition) is 0. The van der Waals surface area contributed by atoms with E-state index in [0.717, 1.165) is 22.0 Å². The summed E-state index contributed by atoms with van der Waals surface area (Å²) >= 11 is 5.94. The van der Waals surface area contributed by atoms with E-state index in [2.05, 4.69) is 5.16 Å². The summed E-state index contributed by atoms with van der Waals surface area (Å²) in [7, 11) is -4.16. The number of alkyl halides is 3. The SMILES string of the molecule is O=S(=O)(c1cc(C(F)(F)F)ccc1Cl)N1CCN(Cc2cc(-c3ccccc3)no2)CC1. The minimum atomic E-state index is -4.66. The van der Waals surface area contributed by atoms with Crippen molar-refractivity contribution >= 4 is 21.6 Å². The van der Waals surface area contributed by atoms with E-state index in [1.165, 1.54) is 0 Å². The van der Waals surface area contributed by atoms with Crippen LogP contribution in [-0.2, 0) is 22.7 Å². The van der Waals surface area contributed by atoms with Gasteiger partial charge in [-0.1, -0.05) is 47.1 Å². The first-order valence-corrected chi connectivity index (χ1v) is 11.6. The standard InChI is InChI=1S/C21H19ClF3N3O3S/c22-18-7-6-16(21(23,24)25)12-20(18)32(29,30)28-10-8-27(9-11-28)14-17-13-19(26-31-17)15-4-2-1-3-5-15/h1-7,12-13H,8-11,14H2. The maximum atomic E-state index is 13.0. The van der Waals surface area contributed by atoms with Crippen LogP contribution < -0.4 is 0 Å². The maximum Gasteiger partial charge on any atom is 0.416 e. The third-order valence-electron chi connectivity index (χ3n) is 5.22. The lowest BCUT2D eigenvalue weighted by molar-refractivity contribution is -0.137. The van der Waals surface area contributed by atoms with Crippen molar-refractivity contribution in [2.24, 2.45) is 0 Å². The molecule has 0 radical (unpaired) electrons. The van der Waals surface area contributed by atoms with Crippen LogP contribution in [0.1, 0.15) is 11.3 Å². The Balaban J connectivity index is 1.42. The number of piperazine rings is 1. The molecular weight excluding hydrogens is 467 g/mol. The van der Waals surface area contributed by atoms with Gasteiger partial charge in [0, 0.05) is 37.8 Å². The molecule has 1 saturated heterocycles. The molecular formula is C21H19ClF3N3O3S.